The van der Waals surface area contributed by atoms with Gasteiger partial charge in [0.2, 0.25) is 11.8 Å². The number of Topliss-reactive ketones (excluding diaryl/α,β-unsaturated/α-hetero) is 1. The third-order valence-corrected chi connectivity index (χ3v) is 7.36. The zero-order valence-corrected chi connectivity index (χ0v) is 22.0. The molecule has 0 spiro atoms. The van der Waals surface area contributed by atoms with Crippen molar-refractivity contribution >= 4 is 44.9 Å². The second kappa shape index (κ2) is 10.4. The fraction of sp³-hybridized carbons (Fsp3) is 0.276. The molecule has 4 atom stereocenters. The largest absolute Gasteiger partial charge is 0.389 e. The number of carbonyl (C=O) groups excluding carboxylic acids is 3. The van der Waals surface area contributed by atoms with Gasteiger partial charge in [-0.3, -0.25) is 14.4 Å². The standard InChI is InChI=1S/C29H29BrN2O4/c1-17-9-4-6-13-21(17)31-27(34)25-23(33)16-29(3,36)26(24(25)19-11-8-12-20(30)15-19)28(35)32-22-14-7-5-10-18(22)2/h4-15,24-26,36H,16H2,1-3H3,(H,31,34)(H,32,35). The molecule has 0 bridgehead atoms. The van der Waals surface area contributed by atoms with E-state index in [0.717, 1.165) is 15.6 Å². The molecule has 0 saturated heterocycles. The Bertz CT molecular complexity index is 1320. The summed E-state index contributed by atoms with van der Waals surface area (Å²) in [7, 11) is 0. The SMILES string of the molecule is Cc1ccccc1NC(=O)C1C(=O)CC(C)(O)C(C(=O)Nc2ccccc2C)C1c1cccc(Br)c1. The van der Waals surface area contributed by atoms with Gasteiger partial charge in [0.25, 0.3) is 0 Å². The van der Waals surface area contributed by atoms with E-state index < -0.39 is 41.0 Å². The summed E-state index contributed by atoms with van der Waals surface area (Å²) >= 11 is 3.46. The van der Waals surface area contributed by atoms with Crippen LogP contribution in [0, 0.1) is 25.7 Å². The number of carbonyl (C=O) groups is 3. The normalized spacial score (nSPS) is 23.7. The van der Waals surface area contributed by atoms with Crippen molar-refractivity contribution in [1.29, 1.82) is 0 Å². The van der Waals surface area contributed by atoms with E-state index in [-0.39, 0.29) is 6.42 Å². The molecule has 4 unspecified atom stereocenters. The summed E-state index contributed by atoms with van der Waals surface area (Å²) in [5.74, 6) is -4.45. The van der Waals surface area contributed by atoms with E-state index in [0.29, 0.717) is 16.9 Å². The molecule has 3 N–H and O–H groups in total. The van der Waals surface area contributed by atoms with Crippen molar-refractivity contribution in [2.75, 3.05) is 10.6 Å². The topological polar surface area (TPSA) is 95.5 Å². The van der Waals surface area contributed by atoms with Gasteiger partial charge >= 0.3 is 0 Å². The van der Waals surface area contributed by atoms with Gasteiger partial charge < -0.3 is 15.7 Å². The van der Waals surface area contributed by atoms with Crippen molar-refractivity contribution in [3.8, 4) is 0 Å². The van der Waals surface area contributed by atoms with Crippen LogP contribution in [0.1, 0.15) is 36.0 Å². The molecule has 0 aliphatic heterocycles. The quantitative estimate of drug-likeness (QED) is 0.373. The Morgan fingerprint density at radius 2 is 1.44 bits per heavy atom. The first-order valence-electron chi connectivity index (χ1n) is 11.8. The third kappa shape index (κ3) is 5.27. The minimum atomic E-state index is -1.66. The van der Waals surface area contributed by atoms with Gasteiger partial charge in [0.1, 0.15) is 11.7 Å². The number of rotatable bonds is 5. The maximum atomic E-state index is 13.8. The first-order chi connectivity index (χ1) is 17.1. The fourth-order valence-corrected chi connectivity index (χ4v) is 5.47. The second-order valence-corrected chi connectivity index (χ2v) is 10.6. The second-order valence-electron chi connectivity index (χ2n) is 9.64. The van der Waals surface area contributed by atoms with Gasteiger partial charge in [0.05, 0.1) is 11.5 Å². The molecule has 0 radical (unpaired) electrons. The number of para-hydroxylation sites is 2. The van der Waals surface area contributed by atoms with Gasteiger partial charge in [0, 0.05) is 28.2 Å². The lowest BCUT2D eigenvalue weighted by Crippen LogP contribution is -2.56. The molecule has 4 rings (SSSR count). The molecule has 1 aliphatic carbocycles. The molecule has 3 aromatic rings. The maximum absolute atomic E-state index is 13.8. The molecule has 1 fully saturated rings. The Hall–Kier alpha value is -3.29. The molecule has 186 valence electrons. The summed E-state index contributed by atoms with van der Waals surface area (Å²) < 4.78 is 0.744. The molecule has 1 saturated carbocycles. The molecule has 36 heavy (non-hydrogen) atoms. The van der Waals surface area contributed by atoms with E-state index in [1.165, 1.54) is 6.92 Å². The van der Waals surface area contributed by atoms with Gasteiger partial charge in [-0.05, 0) is 61.7 Å². The van der Waals surface area contributed by atoms with Crippen LogP contribution in [0.25, 0.3) is 0 Å². The molecule has 0 aromatic heterocycles. The first kappa shape index (κ1) is 25.8. The van der Waals surface area contributed by atoms with Crippen molar-refractivity contribution < 1.29 is 19.5 Å². The number of aryl methyl sites for hydroxylation is 2. The van der Waals surface area contributed by atoms with Gasteiger partial charge in [-0.1, -0.05) is 64.5 Å². The maximum Gasteiger partial charge on any atom is 0.235 e. The molecule has 2 amide bonds. The van der Waals surface area contributed by atoms with Crippen LogP contribution < -0.4 is 10.6 Å². The number of hydrogen-bond donors (Lipinski definition) is 3. The Morgan fingerprint density at radius 1 is 0.889 bits per heavy atom. The number of amides is 2. The summed E-state index contributed by atoms with van der Waals surface area (Å²) in [4.78, 5) is 40.8. The van der Waals surface area contributed by atoms with E-state index in [2.05, 4.69) is 26.6 Å². The molecule has 7 heteroatoms. The van der Waals surface area contributed by atoms with Gasteiger partial charge in [0.15, 0.2) is 0 Å². The summed E-state index contributed by atoms with van der Waals surface area (Å²) in [5.41, 5.74) is 1.90. The van der Waals surface area contributed by atoms with E-state index in [1.807, 2.05) is 50.2 Å². The molecule has 1 aliphatic rings. The highest BCUT2D eigenvalue weighted by atomic mass is 79.9. The number of hydrogen-bond acceptors (Lipinski definition) is 4. The van der Waals surface area contributed by atoms with Crippen LogP contribution in [0.4, 0.5) is 11.4 Å². The lowest BCUT2D eigenvalue weighted by atomic mass is 9.61. The van der Waals surface area contributed by atoms with Crippen molar-refractivity contribution in [3.05, 3.63) is 94.0 Å². The average molecular weight is 549 g/mol. The number of halogens is 1. The Labute approximate surface area is 219 Å². The lowest BCUT2D eigenvalue weighted by Gasteiger charge is -2.44. The van der Waals surface area contributed by atoms with Crippen molar-refractivity contribution in [2.24, 2.45) is 11.8 Å². The third-order valence-electron chi connectivity index (χ3n) is 6.87. The number of aliphatic hydroxyl groups is 1. The summed E-state index contributed by atoms with van der Waals surface area (Å²) in [6, 6.07) is 21.9. The highest BCUT2D eigenvalue weighted by Gasteiger charge is 2.56. The Balaban J connectivity index is 1.79. The zero-order chi connectivity index (χ0) is 26.0. The average Bonchev–Trinajstić information content (AvgIpc) is 2.80. The van der Waals surface area contributed by atoms with Crippen LogP contribution in [0.2, 0.25) is 0 Å². The van der Waals surface area contributed by atoms with Gasteiger partial charge in [-0.2, -0.15) is 0 Å². The van der Waals surface area contributed by atoms with Crippen molar-refractivity contribution in [2.45, 2.75) is 38.7 Å². The monoisotopic (exact) mass is 548 g/mol. The molecule has 6 nitrogen and oxygen atoms in total. The van der Waals surface area contributed by atoms with Crippen molar-refractivity contribution in [3.63, 3.8) is 0 Å². The number of ketones is 1. The van der Waals surface area contributed by atoms with Gasteiger partial charge in [-0.15, -0.1) is 0 Å². The number of benzene rings is 3. The number of anilines is 2. The first-order valence-corrected chi connectivity index (χ1v) is 12.6. The predicted molar refractivity (Wildman–Crippen MR) is 144 cm³/mol. The Kier molecular flexibility index (Phi) is 7.43. The van der Waals surface area contributed by atoms with E-state index >= 15 is 0 Å². The molecule has 3 aromatic carbocycles. The summed E-state index contributed by atoms with van der Waals surface area (Å²) in [6.07, 6.45) is -0.310. The molecular weight excluding hydrogens is 520 g/mol. The highest BCUT2D eigenvalue weighted by molar-refractivity contribution is 9.10. The van der Waals surface area contributed by atoms with E-state index in [1.54, 1.807) is 36.4 Å². The summed E-state index contributed by atoms with van der Waals surface area (Å²) in [5, 5.41) is 17.2. The van der Waals surface area contributed by atoms with Crippen LogP contribution in [0.5, 0.6) is 0 Å². The van der Waals surface area contributed by atoms with E-state index in [9.17, 15) is 19.5 Å². The summed E-state index contributed by atoms with van der Waals surface area (Å²) in [6.45, 7) is 5.24. The van der Waals surface area contributed by atoms with Crippen LogP contribution >= 0.6 is 15.9 Å². The van der Waals surface area contributed by atoms with E-state index in [4.69, 9.17) is 0 Å². The van der Waals surface area contributed by atoms with Crippen LogP contribution in [-0.4, -0.2) is 28.3 Å². The minimum absolute atomic E-state index is 0.310. The zero-order valence-electron chi connectivity index (χ0n) is 20.4. The fourth-order valence-electron chi connectivity index (χ4n) is 5.05. The predicted octanol–water partition coefficient (Wildman–Crippen LogP) is 5.38. The lowest BCUT2D eigenvalue weighted by molar-refractivity contribution is -0.150. The van der Waals surface area contributed by atoms with Crippen LogP contribution in [-0.2, 0) is 14.4 Å². The minimum Gasteiger partial charge on any atom is -0.389 e. The van der Waals surface area contributed by atoms with Gasteiger partial charge in [-0.25, -0.2) is 0 Å². The van der Waals surface area contributed by atoms with Crippen molar-refractivity contribution in [1.82, 2.24) is 0 Å². The number of nitrogens with one attached hydrogen (secondary N) is 2. The smallest absolute Gasteiger partial charge is 0.235 e. The molecular formula is C29H29BrN2O4. The Morgan fingerprint density at radius 3 is 2.00 bits per heavy atom. The van der Waals surface area contributed by atoms with Crippen LogP contribution in [0.15, 0.2) is 77.3 Å². The highest BCUT2D eigenvalue weighted by Crippen LogP contribution is 2.47. The molecule has 0 heterocycles. The van der Waals surface area contributed by atoms with Crippen LogP contribution in [0.3, 0.4) is 0 Å².